The van der Waals surface area contributed by atoms with Crippen LogP contribution < -0.4 is 4.74 Å². The molecule has 0 aliphatic carbocycles. The third kappa shape index (κ3) is 12.4. The van der Waals surface area contributed by atoms with Gasteiger partial charge in [0.25, 0.3) is 0 Å². The molecule has 0 aromatic heterocycles. The Kier molecular flexibility index (Phi) is 15.3. The smallest absolute Gasteiger partial charge is 0.414 e. The highest BCUT2D eigenvalue weighted by molar-refractivity contribution is 6.27. The van der Waals surface area contributed by atoms with Crippen LogP contribution in [0.25, 0.3) is 0 Å². The van der Waals surface area contributed by atoms with Crippen LogP contribution in [0.15, 0.2) is 30.3 Å². The van der Waals surface area contributed by atoms with E-state index >= 15 is 0 Å². The van der Waals surface area contributed by atoms with Gasteiger partial charge in [-0.05, 0) is 31.5 Å². The summed E-state index contributed by atoms with van der Waals surface area (Å²) in [5.74, 6) is -3.67. The van der Waals surface area contributed by atoms with Crippen LogP contribution in [0, 0.1) is 12.8 Å². The summed E-state index contributed by atoms with van der Waals surface area (Å²) in [6, 6.07) is 9.69. The number of piperidine rings is 1. The van der Waals surface area contributed by atoms with Gasteiger partial charge in [0.15, 0.2) is 0 Å². The molecule has 27 heavy (non-hydrogen) atoms. The number of aliphatic carboxylic acids is 3. The van der Waals surface area contributed by atoms with Crippen LogP contribution >= 0.6 is 0 Å². The van der Waals surface area contributed by atoms with Crippen LogP contribution in [0.2, 0.25) is 0 Å². The lowest BCUT2D eigenvalue weighted by Gasteiger charge is -2.30. The van der Waals surface area contributed by atoms with Gasteiger partial charge in [0.05, 0.1) is 5.92 Å². The van der Waals surface area contributed by atoms with Crippen LogP contribution in [0.4, 0.5) is 0 Å². The summed E-state index contributed by atoms with van der Waals surface area (Å²) in [7, 11) is 0. The zero-order valence-electron chi connectivity index (χ0n) is 15.3. The van der Waals surface area contributed by atoms with E-state index in [1.807, 2.05) is 30.3 Å². The molecule has 1 saturated heterocycles. The first-order valence-corrected chi connectivity index (χ1v) is 8.20. The average Bonchev–Trinajstić information content (AvgIpc) is 2.65. The van der Waals surface area contributed by atoms with Gasteiger partial charge in [0.2, 0.25) is 0 Å². The number of para-hydroxylation sites is 1. The average molecular weight is 386 g/mol. The molecule has 1 aromatic carbocycles. The van der Waals surface area contributed by atoms with Crippen molar-refractivity contribution in [1.29, 1.82) is 0 Å². The van der Waals surface area contributed by atoms with E-state index in [4.69, 9.17) is 29.6 Å². The Morgan fingerprint density at radius 2 is 1.67 bits per heavy atom. The summed E-state index contributed by atoms with van der Waals surface area (Å²) >= 11 is 0. The van der Waals surface area contributed by atoms with Crippen molar-refractivity contribution in [3.63, 3.8) is 0 Å². The van der Waals surface area contributed by atoms with Crippen molar-refractivity contribution in [3.05, 3.63) is 37.3 Å². The summed E-state index contributed by atoms with van der Waals surface area (Å²) in [5.41, 5.74) is 0. The molecule has 1 unspecified atom stereocenters. The predicted octanol–water partition coefficient (Wildman–Crippen LogP) is 1.03. The van der Waals surface area contributed by atoms with E-state index in [1.54, 1.807) is 6.92 Å². The van der Waals surface area contributed by atoms with Crippen molar-refractivity contribution < 1.29 is 39.9 Å². The van der Waals surface area contributed by atoms with Crippen molar-refractivity contribution in [2.45, 2.75) is 19.8 Å². The maximum absolute atomic E-state index is 10.9. The molecule has 1 heterocycles. The summed E-state index contributed by atoms with van der Waals surface area (Å²) < 4.78 is 5.62. The summed E-state index contributed by atoms with van der Waals surface area (Å²) in [5, 5.41) is 23.8. The minimum Gasteiger partial charge on any atom is -0.492 e. The molecule has 1 aromatic rings. The maximum atomic E-state index is 10.9. The Balaban J connectivity index is 0. The molecule has 1 fully saturated rings. The number of likely N-dealkylation sites (tertiary alicyclic amines) is 1. The topological polar surface area (TPSA) is 156 Å². The second-order valence-corrected chi connectivity index (χ2v) is 5.25. The number of benzene rings is 1. The largest absolute Gasteiger partial charge is 0.492 e. The molecular formula is C18H28NO8. The van der Waals surface area contributed by atoms with Gasteiger partial charge in [-0.15, -0.1) is 0 Å². The normalized spacial score (nSPS) is 15.6. The van der Waals surface area contributed by atoms with Crippen LogP contribution in [0.5, 0.6) is 5.75 Å². The second kappa shape index (κ2) is 15.6. The fourth-order valence-corrected chi connectivity index (χ4v) is 2.27. The fraction of sp³-hybridized carbons (Fsp3) is 0.444. The zero-order chi connectivity index (χ0) is 19.9. The third-order valence-corrected chi connectivity index (χ3v) is 3.46. The van der Waals surface area contributed by atoms with E-state index in [2.05, 4.69) is 11.8 Å². The van der Waals surface area contributed by atoms with E-state index in [0.29, 0.717) is 13.2 Å². The number of hydrogen-bond donors (Lipinski definition) is 3. The Bertz CT molecular complexity index is 538. The van der Waals surface area contributed by atoms with Gasteiger partial charge in [0, 0.05) is 13.1 Å². The van der Waals surface area contributed by atoms with Gasteiger partial charge in [0.1, 0.15) is 12.4 Å². The molecule has 1 aliphatic rings. The van der Waals surface area contributed by atoms with E-state index in [9.17, 15) is 4.79 Å². The molecule has 153 valence electrons. The first kappa shape index (κ1) is 26.6. The number of nitrogens with zero attached hydrogens (tertiary/aromatic N) is 1. The lowest BCUT2D eigenvalue weighted by molar-refractivity contribution is -0.159. The van der Waals surface area contributed by atoms with Gasteiger partial charge in [-0.3, -0.25) is 9.69 Å². The lowest BCUT2D eigenvalue weighted by Crippen LogP contribution is -2.40. The Hall–Kier alpha value is -2.65. The highest BCUT2D eigenvalue weighted by Gasteiger charge is 2.24. The van der Waals surface area contributed by atoms with Gasteiger partial charge in [-0.1, -0.05) is 32.0 Å². The molecule has 2 rings (SSSR count). The van der Waals surface area contributed by atoms with E-state index in [0.717, 1.165) is 31.7 Å². The van der Waals surface area contributed by atoms with Crippen LogP contribution in [-0.4, -0.2) is 69.8 Å². The first-order valence-electron chi connectivity index (χ1n) is 8.20. The van der Waals surface area contributed by atoms with Crippen molar-refractivity contribution >= 4 is 17.9 Å². The molecule has 0 spiro atoms. The Morgan fingerprint density at radius 3 is 2.15 bits per heavy atom. The zero-order valence-corrected chi connectivity index (χ0v) is 15.3. The molecule has 0 saturated carbocycles. The predicted molar refractivity (Wildman–Crippen MR) is 98.7 cm³/mol. The molecular weight excluding hydrogens is 358 g/mol. The quantitative estimate of drug-likeness (QED) is 0.634. The monoisotopic (exact) mass is 386 g/mol. The summed E-state index contributed by atoms with van der Waals surface area (Å²) in [6.45, 7) is 8.02. The molecule has 0 amide bonds. The molecule has 9 heteroatoms. The second-order valence-electron chi connectivity index (χ2n) is 5.25. The van der Waals surface area contributed by atoms with E-state index in [1.165, 1.54) is 0 Å². The highest BCUT2D eigenvalue weighted by Crippen LogP contribution is 2.16. The number of ether oxygens (including phenoxy) is 1. The maximum Gasteiger partial charge on any atom is 0.414 e. The Labute approximate surface area is 158 Å². The fourth-order valence-electron chi connectivity index (χ4n) is 2.27. The number of hydrogen-bond acceptors (Lipinski definition) is 5. The van der Waals surface area contributed by atoms with Gasteiger partial charge in [-0.25, -0.2) is 9.59 Å². The number of carboxylic acids is 3. The number of rotatable bonds is 5. The first-order chi connectivity index (χ1) is 12.4. The van der Waals surface area contributed by atoms with Crippen LogP contribution in [0.3, 0.4) is 0 Å². The van der Waals surface area contributed by atoms with Crippen molar-refractivity contribution in [1.82, 2.24) is 4.90 Å². The lowest BCUT2D eigenvalue weighted by atomic mass is 9.98. The van der Waals surface area contributed by atoms with Crippen molar-refractivity contribution in [3.8, 4) is 5.75 Å². The minimum atomic E-state index is -1.82. The van der Waals surface area contributed by atoms with Crippen LogP contribution in [-0.2, 0) is 14.4 Å². The molecule has 0 bridgehead atoms. The molecule has 5 N–H and O–H groups in total. The molecule has 9 nitrogen and oxygen atoms in total. The Morgan fingerprint density at radius 1 is 1.11 bits per heavy atom. The van der Waals surface area contributed by atoms with Gasteiger partial charge in [-0.2, -0.15) is 0 Å². The minimum absolute atomic E-state index is 0. The van der Waals surface area contributed by atoms with Crippen LogP contribution in [0.1, 0.15) is 19.8 Å². The van der Waals surface area contributed by atoms with E-state index < -0.39 is 17.9 Å². The number of carbonyl (C=O) groups is 3. The van der Waals surface area contributed by atoms with Crippen molar-refractivity contribution in [2.24, 2.45) is 5.92 Å². The third-order valence-electron chi connectivity index (χ3n) is 3.46. The standard InChI is InChI=1S/C14H19NO3.C2H2O4.C2H5.H2O/c16-14(17)12-5-4-8-15(11-12)9-10-18-13-6-2-1-3-7-13;3-1(4)2(5)6;1-2;/h1-3,6-7,12H,4-5,8-11H2,(H,16,17);(H,3,4)(H,5,6);1H2,2H3;1H2. The van der Waals surface area contributed by atoms with Gasteiger partial charge >= 0.3 is 17.9 Å². The summed E-state index contributed by atoms with van der Waals surface area (Å²) in [6.07, 6.45) is 1.76. The number of carboxylic acid groups (broad SMARTS) is 3. The van der Waals surface area contributed by atoms with E-state index in [-0.39, 0.29) is 11.4 Å². The summed E-state index contributed by atoms with van der Waals surface area (Å²) in [4.78, 5) is 31.3. The molecule has 1 radical (unpaired) electrons. The molecule has 1 atom stereocenters. The van der Waals surface area contributed by atoms with Gasteiger partial charge < -0.3 is 25.5 Å². The van der Waals surface area contributed by atoms with Crippen molar-refractivity contribution in [2.75, 3.05) is 26.2 Å². The molecule has 1 aliphatic heterocycles. The SMILES string of the molecule is O.O=C(O)C(=O)O.O=C(O)C1CCCN(CCOc2ccccc2)C1.[CH2]C. The highest BCUT2D eigenvalue weighted by atomic mass is 16.5.